The molecule has 0 aliphatic carbocycles. The van der Waals surface area contributed by atoms with Gasteiger partial charge in [-0.05, 0) is 57.0 Å². The Labute approximate surface area is 125 Å². The van der Waals surface area contributed by atoms with Gasteiger partial charge in [-0.15, -0.1) is 0 Å². The van der Waals surface area contributed by atoms with Crippen molar-refractivity contribution >= 4 is 0 Å². The summed E-state index contributed by atoms with van der Waals surface area (Å²) in [4.78, 5) is 6.85. The smallest absolute Gasteiger partial charge is 0.258 e. The maximum Gasteiger partial charge on any atom is 0.258 e. The van der Waals surface area contributed by atoms with E-state index in [0.29, 0.717) is 11.7 Å². The number of nitrogens with two attached hydrogens (primary N) is 1. The molecule has 112 valence electrons. The summed E-state index contributed by atoms with van der Waals surface area (Å²) in [6, 6.07) is 5.90. The third kappa shape index (κ3) is 2.99. The highest BCUT2D eigenvalue weighted by molar-refractivity contribution is 5.60. The topological polar surface area (TPSA) is 68.2 Å². The molecule has 5 nitrogen and oxygen atoms in total. The SMILES string of the molecule is Cc1cccc(-c2nc(C(N)CN3CCCC3)no2)c1C. The van der Waals surface area contributed by atoms with Crippen LogP contribution in [0.5, 0.6) is 0 Å². The number of nitrogens with zero attached hydrogens (tertiary/aromatic N) is 3. The average molecular weight is 286 g/mol. The molecule has 0 radical (unpaired) electrons. The summed E-state index contributed by atoms with van der Waals surface area (Å²) < 4.78 is 5.41. The molecule has 0 amide bonds. The molecule has 1 aromatic carbocycles. The molecule has 1 atom stereocenters. The van der Waals surface area contributed by atoms with E-state index < -0.39 is 0 Å². The third-order valence-electron chi connectivity index (χ3n) is 4.26. The van der Waals surface area contributed by atoms with E-state index in [1.54, 1.807) is 0 Å². The molecule has 2 aromatic rings. The van der Waals surface area contributed by atoms with Crippen molar-refractivity contribution in [3.8, 4) is 11.5 Å². The van der Waals surface area contributed by atoms with E-state index in [1.165, 1.54) is 24.0 Å². The zero-order chi connectivity index (χ0) is 14.8. The van der Waals surface area contributed by atoms with Crippen LogP contribution in [0.4, 0.5) is 0 Å². The number of rotatable bonds is 4. The van der Waals surface area contributed by atoms with Crippen LogP contribution in [-0.2, 0) is 0 Å². The highest BCUT2D eigenvalue weighted by Crippen LogP contribution is 2.25. The molecule has 2 N–H and O–H groups in total. The third-order valence-corrected chi connectivity index (χ3v) is 4.26. The lowest BCUT2D eigenvalue weighted by Crippen LogP contribution is -2.30. The monoisotopic (exact) mass is 286 g/mol. The van der Waals surface area contributed by atoms with Crippen LogP contribution in [-0.4, -0.2) is 34.7 Å². The van der Waals surface area contributed by atoms with Gasteiger partial charge in [0.15, 0.2) is 5.82 Å². The minimum absolute atomic E-state index is 0.189. The number of hydrogen-bond donors (Lipinski definition) is 1. The second kappa shape index (κ2) is 5.95. The highest BCUT2D eigenvalue weighted by atomic mass is 16.5. The zero-order valence-corrected chi connectivity index (χ0v) is 12.7. The molecule has 1 saturated heterocycles. The molecule has 5 heteroatoms. The molecule has 0 saturated carbocycles. The van der Waals surface area contributed by atoms with E-state index in [0.717, 1.165) is 25.2 Å². The summed E-state index contributed by atoms with van der Waals surface area (Å²) in [5.74, 6) is 1.15. The average Bonchev–Trinajstić information content (AvgIpc) is 3.12. The van der Waals surface area contributed by atoms with Crippen LogP contribution in [0.25, 0.3) is 11.5 Å². The molecule has 1 aromatic heterocycles. The standard InChI is InChI=1S/C16H22N4O/c1-11-6-5-7-13(12(11)2)16-18-15(19-21-16)14(17)10-20-8-3-4-9-20/h5-7,14H,3-4,8-10,17H2,1-2H3. The van der Waals surface area contributed by atoms with Crippen LogP contribution < -0.4 is 5.73 Å². The van der Waals surface area contributed by atoms with Gasteiger partial charge in [-0.3, -0.25) is 0 Å². The Morgan fingerprint density at radius 2 is 2.05 bits per heavy atom. The van der Waals surface area contributed by atoms with Gasteiger partial charge in [-0.25, -0.2) is 0 Å². The van der Waals surface area contributed by atoms with Crippen LogP contribution in [0.15, 0.2) is 22.7 Å². The van der Waals surface area contributed by atoms with Gasteiger partial charge in [0.1, 0.15) is 0 Å². The second-order valence-corrected chi connectivity index (χ2v) is 5.82. The molecule has 0 spiro atoms. The van der Waals surface area contributed by atoms with Crippen LogP contribution in [0, 0.1) is 13.8 Å². The molecule has 21 heavy (non-hydrogen) atoms. The first-order chi connectivity index (χ1) is 10.1. The van der Waals surface area contributed by atoms with Crippen molar-refractivity contribution in [2.24, 2.45) is 5.73 Å². The molecule has 3 rings (SSSR count). The summed E-state index contributed by atoms with van der Waals surface area (Å²) in [6.45, 7) is 7.19. The number of aromatic nitrogens is 2. The highest BCUT2D eigenvalue weighted by Gasteiger charge is 2.21. The van der Waals surface area contributed by atoms with Crippen molar-refractivity contribution in [1.82, 2.24) is 15.0 Å². The molecule has 2 heterocycles. The molecular formula is C16H22N4O. The normalized spacial score (nSPS) is 17.3. The molecule has 0 bridgehead atoms. The van der Waals surface area contributed by atoms with Gasteiger partial charge < -0.3 is 15.2 Å². The van der Waals surface area contributed by atoms with Gasteiger partial charge >= 0.3 is 0 Å². The van der Waals surface area contributed by atoms with Crippen LogP contribution in [0.2, 0.25) is 0 Å². The summed E-state index contributed by atoms with van der Waals surface area (Å²) in [5.41, 5.74) is 9.58. The van der Waals surface area contributed by atoms with E-state index in [4.69, 9.17) is 10.3 Å². The van der Waals surface area contributed by atoms with Crippen molar-refractivity contribution in [2.75, 3.05) is 19.6 Å². The Morgan fingerprint density at radius 1 is 1.29 bits per heavy atom. The van der Waals surface area contributed by atoms with Crippen LogP contribution in [0.1, 0.15) is 35.8 Å². The minimum Gasteiger partial charge on any atom is -0.334 e. The lowest BCUT2D eigenvalue weighted by Gasteiger charge is -2.17. The van der Waals surface area contributed by atoms with Crippen molar-refractivity contribution in [3.05, 3.63) is 35.2 Å². The molecular weight excluding hydrogens is 264 g/mol. The first kappa shape index (κ1) is 14.2. The number of aryl methyl sites for hydroxylation is 1. The van der Waals surface area contributed by atoms with Crippen molar-refractivity contribution < 1.29 is 4.52 Å². The summed E-state index contributed by atoms with van der Waals surface area (Å²) in [6.07, 6.45) is 2.51. The maximum atomic E-state index is 6.21. The quantitative estimate of drug-likeness (QED) is 0.935. The molecule has 1 aliphatic heterocycles. The maximum absolute atomic E-state index is 6.21. The lowest BCUT2D eigenvalue weighted by molar-refractivity contribution is 0.306. The first-order valence-corrected chi connectivity index (χ1v) is 7.53. The predicted octanol–water partition coefficient (Wildman–Crippen LogP) is 2.45. The Morgan fingerprint density at radius 3 is 2.81 bits per heavy atom. The van der Waals surface area contributed by atoms with Gasteiger partial charge in [0.25, 0.3) is 5.89 Å². The van der Waals surface area contributed by atoms with Gasteiger partial charge in [-0.2, -0.15) is 4.98 Å². The fraction of sp³-hybridized carbons (Fsp3) is 0.500. The number of likely N-dealkylation sites (tertiary alicyclic amines) is 1. The van der Waals surface area contributed by atoms with E-state index in [9.17, 15) is 0 Å². The van der Waals surface area contributed by atoms with Gasteiger partial charge in [0, 0.05) is 12.1 Å². The molecule has 1 aliphatic rings. The van der Waals surface area contributed by atoms with E-state index in [2.05, 4.69) is 35.0 Å². The Hall–Kier alpha value is -1.72. The van der Waals surface area contributed by atoms with Gasteiger partial charge in [0.05, 0.1) is 6.04 Å². The Bertz CT molecular complexity index is 616. The summed E-state index contributed by atoms with van der Waals surface area (Å²) in [7, 11) is 0. The van der Waals surface area contributed by atoms with Crippen molar-refractivity contribution in [2.45, 2.75) is 32.7 Å². The Kier molecular flexibility index (Phi) is 4.03. The second-order valence-electron chi connectivity index (χ2n) is 5.82. The fourth-order valence-electron chi connectivity index (χ4n) is 2.80. The lowest BCUT2D eigenvalue weighted by atomic mass is 10.0. The van der Waals surface area contributed by atoms with Crippen molar-refractivity contribution in [1.29, 1.82) is 0 Å². The van der Waals surface area contributed by atoms with Crippen molar-refractivity contribution in [3.63, 3.8) is 0 Å². The zero-order valence-electron chi connectivity index (χ0n) is 12.7. The largest absolute Gasteiger partial charge is 0.334 e. The van der Waals surface area contributed by atoms with Crippen LogP contribution >= 0.6 is 0 Å². The molecule has 1 unspecified atom stereocenters. The minimum atomic E-state index is -0.189. The number of hydrogen-bond acceptors (Lipinski definition) is 5. The molecule has 1 fully saturated rings. The van der Waals surface area contributed by atoms with E-state index in [1.807, 2.05) is 12.1 Å². The summed E-state index contributed by atoms with van der Waals surface area (Å²) in [5, 5.41) is 4.07. The van der Waals surface area contributed by atoms with Gasteiger partial charge in [-0.1, -0.05) is 17.3 Å². The van der Waals surface area contributed by atoms with E-state index in [-0.39, 0.29) is 6.04 Å². The van der Waals surface area contributed by atoms with Gasteiger partial charge in [0.2, 0.25) is 0 Å². The van der Waals surface area contributed by atoms with Crippen LogP contribution in [0.3, 0.4) is 0 Å². The first-order valence-electron chi connectivity index (χ1n) is 7.53. The predicted molar refractivity (Wildman–Crippen MR) is 81.8 cm³/mol. The fourth-order valence-corrected chi connectivity index (χ4v) is 2.80. The summed E-state index contributed by atoms with van der Waals surface area (Å²) >= 11 is 0. The van der Waals surface area contributed by atoms with E-state index >= 15 is 0 Å². The number of benzene rings is 1. The Balaban J connectivity index is 1.77.